The molecule has 242 valence electrons. The molecule has 0 radical (unpaired) electrons. The minimum absolute atomic E-state index is 0.0279. The highest BCUT2D eigenvalue weighted by Gasteiger charge is 2.52. The summed E-state index contributed by atoms with van der Waals surface area (Å²) in [5, 5.41) is 21.1. The maximum atomic E-state index is 11.6. The lowest BCUT2D eigenvalue weighted by atomic mass is 9.72. The third-order valence-electron chi connectivity index (χ3n) is 11.1. The first-order valence-corrected chi connectivity index (χ1v) is 17.0. The molecule has 1 aliphatic rings. The number of hydrogen-bond donors (Lipinski definition) is 1. The molecule has 1 aliphatic heterocycles. The van der Waals surface area contributed by atoms with Crippen molar-refractivity contribution in [2.45, 2.75) is 125 Å². The minimum Gasteiger partial charge on any atom is -0.423 e. The van der Waals surface area contributed by atoms with Crippen LogP contribution >= 0.6 is 0 Å². The number of rotatable bonds is 5. The van der Waals surface area contributed by atoms with Crippen LogP contribution in [-0.2, 0) is 24.8 Å². The third kappa shape index (κ3) is 5.44. The van der Waals surface area contributed by atoms with E-state index in [2.05, 4.69) is 132 Å². The second kappa shape index (κ2) is 10.4. The largest absolute Gasteiger partial charge is 0.494 e. The van der Waals surface area contributed by atoms with Crippen LogP contribution in [0.2, 0.25) is 0 Å². The van der Waals surface area contributed by atoms with Gasteiger partial charge < -0.3 is 19.0 Å². The van der Waals surface area contributed by atoms with E-state index in [0.29, 0.717) is 0 Å². The van der Waals surface area contributed by atoms with E-state index >= 15 is 0 Å². The number of benzene rings is 5. The van der Waals surface area contributed by atoms with Crippen molar-refractivity contribution in [3.05, 3.63) is 59.7 Å². The van der Waals surface area contributed by atoms with Gasteiger partial charge in [0.1, 0.15) is 0 Å². The van der Waals surface area contributed by atoms with Gasteiger partial charge in [-0.25, -0.2) is 0 Å². The van der Waals surface area contributed by atoms with Gasteiger partial charge >= 0.3 is 14.2 Å². The van der Waals surface area contributed by atoms with Gasteiger partial charge in [0, 0.05) is 0 Å². The molecule has 1 heterocycles. The van der Waals surface area contributed by atoms with Crippen LogP contribution in [0, 0.1) is 5.92 Å². The molecule has 0 amide bonds. The van der Waals surface area contributed by atoms with Crippen LogP contribution < -0.4 is 10.9 Å². The topological polar surface area (TPSA) is 47.9 Å². The molecule has 5 aromatic carbocycles. The SMILES string of the molecule is CC(C)C(C)(C)OB(O)c1cc2cc(B3OC(C)(C)C(C)(C)O3)cc3c4cc(C(C)(C)C)cc5cc(C(C)(C)C)cc(c(c1)c23)c54. The van der Waals surface area contributed by atoms with Crippen molar-refractivity contribution in [1.29, 1.82) is 0 Å². The van der Waals surface area contributed by atoms with Crippen LogP contribution in [0.4, 0.5) is 0 Å². The zero-order chi connectivity index (χ0) is 33.9. The first-order valence-electron chi connectivity index (χ1n) is 17.0. The highest BCUT2D eigenvalue weighted by molar-refractivity contribution is 6.64. The Morgan fingerprint density at radius 3 is 1.54 bits per heavy atom. The maximum Gasteiger partial charge on any atom is 0.494 e. The Morgan fingerprint density at radius 1 is 0.652 bits per heavy atom. The predicted molar refractivity (Wildman–Crippen MR) is 198 cm³/mol. The molecule has 6 rings (SSSR count). The molecule has 0 spiro atoms. The highest BCUT2D eigenvalue weighted by atomic mass is 16.7. The van der Waals surface area contributed by atoms with E-state index in [1.54, 1.807) is 0 Å². The standard InChI is InChI=1S/C40H52B2O4/c1-23(2)38(9,10)44-41(43)28-17-25-18-29(42-45-39(11,12)40(13,14)46-42)22-33-31-20-27(37(6,7)8)16-24-15-26(36(3,4)5)19-30(34(24)31)32(21-28)35(25)33/h15-23,43H,1-14H3. The van der Waals surface area contributed by atoms with Crippen molar-refractivity contribution >= 4 is 68.3 Å². The fourth-order valence-electron chi connectivity index (χ4n) is 6.54. The maximum absolute atomic E-state index is 11.6. The normalized spacial score (nSPS) is 17.4. The van der Waals surface area contributed by atoms with Crippen molar-refractivity contribution in [2.24, 2.45) is 5.92 Å². The molecule has 0 aromatic heterocycles. The smallest absolute Gasteiger partial charge is 0.423 e. The number of fused-ring (bicyclic) bond motifs is 2. The van der Waals surface area contributed by atoms with Gasteiger partial charge in [-0.15, -0.1) is 0 Å². The minimum atomic E-state index is -1.08. The summed E-state index contributed by atoms with van der Waals surface area (Å²) in [5.74, 6) is 0.231. The summed E-state index contributed by atoms with van der Waals surface area (Å²) in [6, 6.07) is 18.3. The van der Waals surface area contributed by atoms with Crippen molar-refractivity contribution < 1.29 is 19.0 Å². The Hall–Kier alpha value is -2.63. The molecule has 5 aromatic rings. The van der Waals surface area contributed by atoms with Gasteiger partial charge in [0.15, 0.2) is 0 Å². The van der Waals surface area contributed by atoms with E-state index in [9.17, 15) is 5.02 Å². The lowest BCUT2D eigenvalue weighted by molar-refractivity contribution is 0.00578. The Labute approximate surface area is 276 Å². The summed E-state index contributed by atoms with van der Waals surface area (Å²) in [4.78, 5) is 0. The van der Waals surface area contributed by atoms with E-state index in [1.807, 2.05) is 13.8 Å². The van der Waals surface area contributed by atoms with E-state index in [-0.39, 0.29) is 16.7 Å². The van der Waals surface area contributed by atoms with Gasteiger partial charge in [-0.3, -0.25) is 0 Å². The molecule has 1 fully saturated rings. The molecule has 1 N–H and O–H groups in total. The number of hydrogen-bond acceptors (Lipinski definition) is 4. The Bertz CT molecular complexity index is 1950. The van der Waals surface area contributed by atoms with Gasteiger partial charge in [-0.1, -0.05) is 91.8 Å². The van der Waals surface area contributed by atoms with Crippen LogP contribution in [0.3, 0.4) is 0 Å². The molecule has 4 nitrogen and oxygen atoms in total. The second-order valence-corrected chi connectivity index (χ2v) is 17.7. The molecule has 0 saturated carbocycles. The molecular weight excluding hydrogens is 566 g/mol. The van der Waals surface area contributed by atoms with E-state index in [1.165, 1.54) is 43.4 Å². The van der Waals surface area contributed by atoms with Crippen molar-refractivity contribution in [2.75, 3.05) is 0 Å². The van der Waals surface area contributed by atoms with Crippen molar-refractivity contribution in [3.8, 4) is 0 Å². The van der Waals surface area contributed by atoms with Gasteiger partial charge in [-0.05, 0) is 136 Å². The summed E-state index contributed by atoms with van der Waals surface area (Å²) in [5.41, 5.74) is 2.84. The van der Waals surface area contributed by atoms with Gasteiger partial charge in [0.25, 0.3) is 0 Å². The predicted octanol–water partition coefficient (Wildman–Crippen LogP) is 8.77. The molecule has 1 saturated heterocycles. The van der Waals surface area contributed by atoms with Crippen LogP contribution in [0.25, 0.3) is 43.1 Å². The lowest BCUT2D eigenvalue weighted by Gasteiger charge is -2.32. The molecule has 0 aliphatic carbocycles. The molecule has 6 heteroatoms. The first-order chi connectivity index (χ1) is 21.0. The summed E-state index contributed by atoms with van der Waals surface area (Å²) in [6.07, 6.45) is 0. The fourth-order valence-corrected chi connectivity index (χ4v) is 6.54. The summed E-state index contributed by atoms with van der Waals surface area (Å²) in [6.45, 7) is 30.4. The summed E-state index contributed by atoms with van der Waals surface area (Å²) < 4.78 is 19.5. The molecule has 46 heavy (non-hydrogen) atoms. The van der Waals surface area contributed by atoms with Gasteiger partial charge in [-0.2, -0.15) is 0 Å². The van der Waals surface area contributed by atoms with Crippen molar-refractivity contribution in [1.82, 2.24) is 0 Å². The molecule has 0 atom stereocenters. The quantitative estimate of drug-likeness (QED) is 0.122. The Balaban J connectivity index is 1.75. The van der Waals surface area contributed by atoms with E-state index in [0.717, 1.165) is 21.7 Å². The second-order valence-electron chi connectivity index (χ2n) is 17.7. The van der Waals surface area contributed by atoms with Crippen molar-refractivity contribution in [3.63, 3.8) is 0 Å². The Morgan fingerprint density at radius 2 is 1.09 bits per heavy atom. The average molecular weight is 618 g/mol. The first kappa shape index (κ1) is 33.3. The molecule has 0 bridgehead atoms. The summed E-state index contributed by atoms with van der Waals surface area (Å²) >= 11 is 0. The van der Waals surface area contributed by atoms with Crippen LogP contribution in [0.15, 0.2) is 48.5 Å². The lowest BCUT2D eigenvalue weighted by Crippen LogP contribution is -2.44. The average Bonchev–Trinajstić information content (AvgIpc) is 3.15. The summed E-state index contributed by atoms with van der Waals surface area (Å²) in [7, 11) is -1.59. The van der Waals surface area contributed by atoms with Gasteiger partial charge in [0.2, 0.25) is 0 Å². The zero-order valence-electron chi connectivity index (χ0n) is 30.5. The van der Waals surface area contributed by atoms with Crippen LogP contribution in [-0.4, -0.2) is 36.1 Å². The monoisotopic (exact) mass is 618 g/mol. The van der Waals surface area contributed by atoms with E-state index in [4.69, 9.17) is 14.0 Å². The van der Waals surface area contributed by atoms with E-state index < -0.39 is 31.0 Å². The van der Waals surface area contributed by atoms with Gasteiger partial charge in [0.05, 0.1) is 16.8 Å². The van der Waals surface area contributed by atoms with Crippen LogP contribution in [0.1, 0.15) is 108 Å². The Kier molecular flexibility index (Phi) is 7.55. The molecule has 0 unspecified atom stereocenters. The highest BCUT2D eigenvalue weighted by Crippen LogP contribution is 2.44. The zero-order valence-corrected chi connectivity index (χ0v) is 30.5. The fraction of sp³-hybridized carbons (Fsp3) is 0.500. The third-order valence-corrected chi connectivity index (χ3v) is 11.1. The van der Waals surface area contributed by atoms with Crippen LogP contribution in [0.5, 0.6) is 0 Å². The molecular formula is C40H52B2O4.